The summed E-state index contributed by atoms with van der Waals surface area (Å²) in [6.07, 6.45) is 3.15. The van der Waals surface area contributed by atoms with Crippen LogP contribution in [0.15, 0.2) is 0 Å². The largest absolute Gasteiger partial charge is 0.0708 e. The summed E-state index contributed by atoms with van der Waals surface area (Å²) in [7, 11) is -1.20. The molecular weight excluding hydrogens is 127 g/mol. The van der Waals surface area contributed by atoms with Gasteiger partial charge in [0.25, 0.3) is 0 Å². The van der Waals surface area contributed by atoms with Gasteiger partial charge < -0.3 is 0 Å². The fourth-order valence-electron chi connectivity index (χ4n) is 0.869. The van der Waals surface area contributed by atoms with E-state index in [1.54, 1.807) is 0 Å². The molecule has 9 heavy (non-hydrogen) atoms. The van der Waals surface area contributed by atoms with Gasteiger partial charge in [0.1, 0.15) is 0 Å². The van der Waals surface area contributed by atoms with E-state index in [0.717, 1.165) is 18.7 Å². The van der Waals surface area contributed by atoms with Crippen molar-refractivity contribution in [2.75, 3.05) is 25.1 Å². The van der Waals surface area contributed by atoms with E-state index >= 15 is 0 Å². The summed E-state index contributed by atoms with van der Waals surface area (Å²) in [5.41, 5.74) is 0. The standard InChI is InChI=1S/C8H20P/c1-5-8-9(4,6-2)7-3/h5-8H2,1-4H3/q+1/i4D,8D. The van der Waals surface area contributed by atoms with E-state index in [0.29, 0.717) is 6.64 Å². The van der Waals surface area contributed by atoms with Crippen LogP contribution in [0.2, 0.25) is 0 Å². The molecule has 0 bridgehead atoms. The molecule has 0 nitrogen and oxygen atoms in total. The van der Waals surface area contributed by atoms with Crippen LogP contribution >= 0.6 is 7.26 Å². The van der Waals surface area contributed by atoms with E-state index < -0.39 is 7.26 Å². The van der Waals surface area contributed by atoms with Gasteiger partial charge in [0.15, 0.2) is 0 Å². The van der Waals surface area contributed by atoms with Gasteiger partial charge in [0.2, 0.25) is 0 Å². The molecule has 1 unspecified atom stereocenters. The SMILES string of the molecule is [2H]C[P+](CC)(CC)C([2H])CC. The zero-order valence-corrected chi connectivity index (χ0v) is 7.75. The van der Waals surface area contributed by atoms with Crippen LogP contribution in [0.25, 0.3) is 0 Å². The van der Waals surface area contributed by atoms with Crippen molar-refractivity contribution < 1.29 is 2.74 Å². The Morgan fingerprint density at radius 2 is 1.89 bits per heavy atom. The Labute approximate surface area is 63.2 Å². The number of hydrogen-bond acceptors (Lipinski definition) is 0. The topological polar surface area (TPSA) is 0 Å². The lowest BCUT2D eigenvalue weighted by Crippen LogP contribution is -2.01. The van der Waals surface area contributed by atoms with Gasteiger partial charge >= 0.3 is 0 Å². The Bertz CT molecular complexity index is 94.0. The second-order valence-electron chi connectivity index (χ2n) is 2.44. The van der Waals surface area contributed by atoms with Crippen LogP contribution in [0.5, 0.6) is 0 Å². The van der Waals surface area contributed by atoms with Crippen molar-refractivity contribution >= 4 is 7.26 Å². The van der Waals surface area contributed by atoms with Crippen LogP contribution in [0.1, 0.15) is 29.9 Å². The fraction of sp³-hybridized carbons (Fsp3) is 1.00. The maximum Gasteiger partial charge on any atom is 0.0708 e. The predicted octanol–water partition coefficient (Wildman–Crippen LogP) is 3.08. The molecule has 0 aliphatic heterocycles. The summed E-state index contributed by atoms with van der Waals surface area (Å²) < 4.78 is 15.3. The monoisotopic (exact) mass is 149 g/mol. The molecule has 0 aliphatic rings. The molecule has 0 N–H and O–H groups in total. The van der Waals surface area contributed by atoms with Crippen LogP contribution in [-0.4, -0.2) is 25.1 Å². The highest BCUT2D eigenvalue weighted by Gasteiger charge is 2.24. The molecule has 0 spiro atoms. The van der Waals surface area contributed by atoms with Crippen molar-refractivity contribution in [3.05, 3.63) is 0 Å². The first-order chi connectivity index (χ1) is 5.16. The lowest BCUT2D eigenvalue weighted by atomic mass is 10.6. The summed E-state index contributed by atoms with van der Waals surface area (Å²) in [6, 6.07) is 0. The van der Waals surface area contributed by atoms with Crippen LogP contribution in [0.4, 0.5) is 0 Å². The Hall–Kier alpha value is 0.430. The minimum absolute atomic E-state index is 0.0648. The van der Waals surface area contributed by atoms with Crippen molar-refractivity contribution in [2.24, 2.45) is 0 Å². The average Bonchev–Trinajstić information content (AvgIpc) is 2.08. The molecule has 0 heterocycles. The summed E-state index contributed by atoms with van der Waals surface area (Å²) in [5, 5.41) is 0. The van der Waals surface area contributed by atoms with E-state index in [4.69, 9.17) is 2.74 Å². The molecule has 0 saturated carbocycles. The van der Waals surface area contributed by atoms with Gasteiger partial charge in [0.05, 0.1) is 21.2 Å². The van der Waals surface area contributed by atoms with Crippen LogP contribution in [-0.2, 0) is 0 Å². The predicted molar refractivity (Wildman–Crippen MR) is 49.1 cm³/mol. The summed E-state index contributed by atoms with van der Waals surface area (Å²) in [4.78, 5) is 0. The molecule has 0 aromatic rings. The molecule has 0 saturated heterocycles. The third-order valence-electron chi connectivity index (χ3n) is 1.83. The zero-order valence-electron chi connectivity index (χ0n) is 8.85. The fourth-order valence-corrected chi connectivity index (χ4v) is 2.61. The Morgan fingerprint density at radius 3 is 2.00 bits per heavy atom. The van der Waals surface area contributed by atoms with Crippen molar-refractivity contribution in [2.45, 2.75) is 27.2 Å². The quantitative estimate of drug-likeness (QED) is 0.539. The van der Waals surface area contributed by atoms with E-state index in [-0.39, 0.29) is 6.14 Å². The van der Waals surface area contributed by atoms with Crippen molar-refractivity contribution in [1.82, 2.24) is 0 Å². The van der Waals surface area contributed by atoms with E-state index in [9.17, 15) is 0 Å². The van der Waals surface area contributed by atoms with Crippen molar-refractivity contribution in [1.29, 1.82) is 0 Å². The molecule has 56 valence electrons. The molecule has 0 amide bonds. The second kappa shape index (κ2) is 4.28. The maximum absolute atomic E-state index is 7.86. The first-order valence-electron chi connectivity index (χ1n) is 5.02. The van der Waals surface area contributed by atoms with Gasteiger partial charge in [-0.2, -0.15) is 0 Å². The average molecular weight is 149 g/mol. The lowest BCUT2D eigenvalue weighted by Gasteiger charge is -2.18. The highest BCUT2D eigenvalue weighted by atomic mass is 31.2. The summed E-state index contributed by atoms with van der Waals surface area (Å²) >= 11 is 0. The Kier molecular flexibility index (Phi) is 2.93. The Morgan fingerprint density at radius 1 is 1.33 bits per heavy atom. The van der Waals surface area contributed by atoms with Crippen molar-refractivity contribution in [3.8, 4) is 0 Å². The number of rotatable bonds is 4. The van der Waals surface area contributed by atoms with Crippen LogP contribution in [0, 0.1) is 0 Å². The third kappa shape index (κ3) is 3.20. The molecule has 0 fully saturated rings. The van der Waals surface area contributed by atoms with Gasteiger partial charge in [-0.05, 0) is 20.3 Å². The van der Waals surface area contributed by atoms with Gasteiger partial charge in [-0.25, -0.2) is 0 Å². The minimum atomic E-state index is -1.20. The lowest BCUT2D eigenvalue weighted by molar-refractivity contribution is 1.07. The second-order valence-corrected chi connectivity index (χ2v) is 6.51. The molecule has 0 aliphatic carbocycles. The zero-order chi connectivity index (χ0) is 8.91. The molecule has 1 heteroatoms. The molecule has 0 radical (unpaired) electrons. The van der Waals surface area contributed by atoms with Gasteiger partial charge in [0, 0.05) is 13.9 Å². The van der Waals surface area contributed by atoms with E-state index in [1.807, 2.05) is 0 Å². The van der Waals surface area contributed by atoms with Crippen LogP contribution in [0.3, 0.4) is 0 Å². The maximum atomic E-state index is 7.86. The van der Waals surface area contributed by atoms with E-state index in [2.05, 4.69) is 20.8 Å². The highest BCUT2D eigenvalue weighted by Crippen LogP contribution is 2.54. The minimum Gasteiger partial charge on any atom is -0.0619 e. The molecule has 1 atom stereocenters. The van der Waals surface area contributed by atoms with Crippen molar-refractivity contribution in [3.63, 3.8) is 0 Å². The molecule has 0 aromatic carbocycles. The normalized spacial score (nSPS) is 18.6. The smallest absolute Gasteiger partial charge is 0.0619 e. The highest BCUT2D eigenvalue weighted by molar-refractivity contribution is 7.75. The Balaban J connectivity index is 4.26. The van der Waals surface area contributed by atoms with Gasteiger partial charge in [-0.15, -0.1) is 0 Å². The molecule has 0 aromatic heterocycles. The summed E-state index contributed by atoms with van der Waals surface area (Å²) in [6.45, 7) is 6.86. The third-order valence-corrected chi connectivity index (χ3v) is 5.49. The van der Waals surface area contributed by atoms with Crippen LogP contribution < -0.4 is 0 Å². The van der Waals surface area contributed by atoms with E-state index in [1.165, 1.54) is 0 Å². The molecular formula is C8H20P+. The number of hydrogen-bond donors (Lipinski definition) is 0. The first kappa shape index (κ1) is 6.16. The summed E-state index contributed by atoms with van der Waals surface area (Å²) in [5.74, 6) is 0. The van der Waals surface area contributed by atoms with Gasteiger partial charge in [-0.3, -0.25) is 0 Å². The first-order valence-corrected chi connectivity index (χ1v) is 6.15. The van der Waals surface area contributed by atoms with Gasteiger partial charge in [-0.1, -0.05) is 6.92 Å². The molecule has 0 rings (SSSR count).